The number of aryl methyl sites for hydroxylation is 1. The molecule has 4 aromatic rings. The van der Waals surface area contributed by atoms with Crippen molar-refractivity contribution in [3.8, 4) is 5.82 Å². The Balaban J connectivity index is 1.62. The lowest BCUT2D eigenvalue weighted by Crippen LogP contribution is -2.10. The average molecular weight is 371 g/mol. The number of rotatable bonds is 7. The van der Waals surface area contributed by atoms with Crippen molar-refractivity contribution in [2.75, 3.05) is 5.32 Å². The largest absolute Gasteiger partial charge is 0.348 e. The maximum atomic E-state index is 4.72. The van der Waals surface area contributed by atoms with E-state index in [1.54, 1.807) is 6.20 Å². The summed E-state index contributed by atoms with van der Waals surface area (Å²) >= 11 is 0. The van der Waals surface area contributed by atoms with Crippen LogP contribution in [0.5, 0.6) is 0 Å². The normalized spacial score (nSPS) is 12.2. The molecule has 0 bridgehead atoms. The number of imidazole rings is 1. The van der Waals surface area contributed by atoms with Gasteiger partial charge < -0.3 is 5.32 Å². The summed E-state index contributed by atoms with van der Waals surface area (Å²) in [7, 11) is 0. The van der Waals surface area contributed by atoms with Crippen LogP contribution in [0.2, 0.25) is 0 Å². The average Bonchev–Trinajstić information content (AvgIpc) is 3.16. The van der Waals surface area contributed by atoms with E-state index in [1.165, 1.54) is 24.0 Å². The van der Waals surface area contributed by atoms with Gasteiger partial charge in [-0.25, -0.2) is 9.97 Å². The van der Waals surface area contributed by atoms with Crippen LogP contribution < -0.4 is 5.32 Å². The lowest BCUT2D eigenvalue weighted by atomic mass is 10.1. The van der Waals surface area contributed by atoms with Crippen molar-refractivity contribution in [1.82, 2.24) is 19.5 Å². The summed E-state index contributed by atoms with van der Waals surface area (Å²) in [4.78, 5) is 13.7. The molecule has 0 aliphatic rings. The van der Waals surface area contributed by atoms with Crippen molar-refractivity contribution < 1.29 is 0 Å². The first kappa shape index (κ1) is 18.2. The molecular weight excluding hydrogens is 346 g/mol. The van der Waals surface area contributed by atoms with Crippen LogP contribution in [0.1, 0.15) is 43.9 Å². The fraction of sp³-hybridized carbons (Fsp3) is 0.261. The summed E-state index contributed by atoms with van der Waals surface area (Å²) in [5, 5.41) is 3.39. The monoisotopic (exact) mass is 371 g/mol. The van der Waals surface area contributed by atoms with Crippen LogP contribution >= 0.6 is 0 Å². The molecule has 0 saturated carbocycles. The molecule has 0 aliphatic heterocycles. The van der Waals surface area contributed by atoms with Gasteiger partial charge in [-0.2, -0.15) is 4.98 Å². The first-order chi connectivity index (χ1) is 13.7. The van der Waals surface area contributed by atoms with E-state index in [9.17, 15) is 0 Å². The molecule has 0 unspecified atom stereocenters. The molecule has 4 rings (SSSR count). The van der Waals surface area contributed by atoms with Gasteiger partial charge in [-0.1, -0.05) is 49.7 Å². The van der Waals surface area contributed by atoms with Gasteiger partial charge in [-0.15, -0.1) is 0 Å². The minimum Gasteiger partial charge on any atom is -0.348 e. The molecule has 1 N–H and O–H groups in total. The molecule has 2 aromatic heterocycles. The maximum absolute atomic E-state index is 4.72. The highest BCUT2D eigenvalue weighted by Crippen LogP contribution is 2.21. The van der Waals surface area contributed by atoms with Crippen molar-refractivity contribution in [3.05, 3.63) is 78.2 Å². The number of aromatic nitrogens is 4. The summed E-state index contributed by atoms with van der Waals surface area (Å²) in [6.07, 6.45) is 7.09. The summed E-state index contributed by atoms with van der Waals surface area (Å²) in [6.45, 7) is 4.33. The minimum absolute atomic E-state index is 0.122. The zero-order valence-corrected chi connectivity index (χ0v) is 16.3. The molecule has 0 spiro atoms. The van der Waals surface area contributed by atoms with E-state index >= 15 is 0 Å². The van der Waals surface area contributed by atoms with E-state index in [2.05, 4.69) is 59.5 Å². The maximum Gasteiger partial charge on any atom is 0.225 e. The van der Waals surface area contributed by atoms with Crippen molar-refractivity contribution >= 4 is 17.0 Å². The second-order valence-electron chi connectivity index (χ2n) is 7.06. The summed E-state index contributed by atoms with van der Waals surface area (Å²) in [5.41, 5.74) is 4.59. The smallest absolute Gasteiger partial charge is 0.225 e. The summed E-state index contributed by atoms with van der Waals surface area (Å²) in [5.74, 6) is 1.42. The molecule has 28 heavy (non-hydrogen) atoms. The van der Waals surface area contributed by atoms with Crippen molar-refractivity contribution in [1.29, 1.82) is 0 Å². The van der Waals surface area contributed by atoms with Gasteiger partial charge in [0.1, 0.15) is 12.1 Å². The molecular formula is C23H25N5. The Morgan fingerprint density at radius 2 is 1.89 bits per heavy atom. The second kappa shape index (κ2) is 8.21. The number of anilines is 1. The molecule has 5 heteroatoms. The topological polar surface area (TPSA) is 55.6 Å². The van der Waals surface area contributed by atoms with Crippen LogP contribution in [-0.2, 0) is 6.42 Å². The molecule has 2 heterocycles. The Hall–Kier alpha value is -3.21. The number of fused-ring (bicyclic) bond motifs is 1. The molecule has 0 fully saturated rings. The van der Waals surface area contributed by atoms with Crippen molar-refractivity contribution in [2.45, 2.75) is 39.2 Å². The Labute approximate surface area is 165 Å². The molecule has 0 amide bonds. The minimum atomic E-state index is 0.122. The number of benzene rings is 2. The predicted molar refractivity (Wildman–Crippen MR) is 114 cm³/mol. The fourth-order valence-corrected chi connectivity index (χ4v) is 3.34. The molecule has 0 radical (unpaired) electrons. The Morgan fingerprint density at radius 3 is 2.71 bits per heavy atom. The Bertz CT molecular complexity index is 1050. The molecule has 142 valence electrons. The van der Waals surface area contributed by atoms with Gasteiger partial charge in [-0.3, -0.25) is 4.57 Å². The molecule has 0 saturated heterocycles. The number of unbranched alkanes of at least 4 members (excludes halogenated alkanes) is 1. The zero-order chi connectivity index (χ0) is 19.3. The number of hydrogen-bond donors (Lipinski definition) is 1. The molecule has 0 aliphatic carbocycles. The Morgan fingerprint density at radius 1 is 1.04 bits per heavy atom. The first-order valence-corrected chi connectivity index (χ1v) is 9.85. The van der Waals surface area contributed by atoms with Gasteiger partial charge >= 0.3 is 0 Å². The van der Waals surface area contributed by atoms with Gasteiger partial charge in [-0.05, 0) is 49.1 Å². The third-order valence-corrected chi connectivity index (χ3v) is 4.96. The SMILES string of the molecule is CCCCc1ccc2ncn(-c3ccnc(N[C@@H](C)c4ccccc4)n3)c2c1. The van der Waals surface area contributed by atoms with Gasteiger partial charge in [0.25, 0.3) is 0 Å². The van der Waals surface area contributed by atoms with Crippen LogP contribution in [-0.4, -0.2) is 19.5 Å². The lowest BCUT2D eigenvalue weighted by molar-refractivity contribution is 0.795. The summed E-state index contributed by atoms with van der Waals surface area (Å²) in [6, 6.07) is 18.8. The van der Waals surface area contributed by atoms with Crippen LogP contribution in [0.25, 0.3) is 16.9 Å². The van der Waals surface area contributed by atoms with Crippen molar-refractivity contribution in [2.24, 2.45) is 0 Å². The highest BCUT2D eigenvalue weighted by atomic mass is 15.2. The van der Waals surface area contributed by atoms with Crippen LogP contribution in [0, 0.1) is 0 Å². The van der Waals surface area contributed by atoms with Gasteiger partial charge in [0.2, 0.25) is 5.95 Å². The third kappa shape index (κ3) is 3.88. The van der Waals surface area contributed by atoms with Crippen LogP contribution in [0.3, 0.4) is 0 Å². The highest BCUT2D eigenvalue weighted by Gasteiger charge is 2.10. The van der Waals surface area contributed by atoms with E-state index in [4.69, 9.17) is 4.98 Å². The van der Waals surface area contributed by atoms with Crippen LogP contribution in [0.15, 0.2) is 67.1 Å². The first-order valence-electron chi connectivity index (χ1n) is 9.85. The molecule has 2 aromatic carbocycles. The van der Waals surface area contributed by atoms with E-state index in [1.807, 2.05) is 35.2 Å². The van der Waals surface area contributed by atoms with E-state index in [-0.39, 0.29) is 6.04 Å². The quantitative estimate of drug-likeness (QED) is 0.477. The Kier molecular flexibility index (Phi) is 5.33. The standard InChI is InChI=1S/C23H25N5/c1-3-4-8-18-11-12-20-21(15-18)28(16-25-20)22-13-14-24-23(27-22)26-17(2)19-9-6-5-7-10-19/h5-7,9-17H,3-4,8H2,1-2H3,(H,24,26,27)/t17-/m0/s1. The summed E-state index contributed by atoms with van der Waals surface area (Å²) < 4.78 is 2.03. The fourth-order valence-electron chi connectivity index (χ4n) is 3.34. The molecule has 5 nitrogen and oxygen atoms in total. The van der Waals surface area contributed by atoms with E-state index < -0.39 is 0 Å². The number of nitrogens with zero attached hydrogens (tertiary/aromatic N) is 4. The number of nitrogens with one attached hydrogen (secondary N) is 1. The highest BCUT2D eigenvalue weighted by molar-refractivity contribution is 5.77. The predicted octanol–water partition coefficient (Wildman–Crippen LogP) is 5.33. The molecule has 1 atom stereocenters. The van der Waals surface area contributed by atoms with Gasteiger partial charge in [0.15, 0.2) is 0 Å². The second-order valence-corrected chi connectivity index (χ2v) is 7.06. The number of hydrogen-bond acceptors (Lipinski definition) is 4. The van der Waals surface area contributed by atoms with E-state index in [0.717, 1.165) is 23.3 Å². The van der Waals surface area contributed by atoms with Crippen LogP contribution in [0.4, 0.5) is 5.95 Å². The van der Waals surface area contributed by atoms with E-state index in [0.29, 0.717) is 5.95 Å². The van der Waals surface area contributed by atoms with Gasteiger partial charge in [0.05, 0.1) is 17.1 Å². The lowest BCUT2D eigenvalue weighted by Gasteiger charge is -2.14. The zero-order valence-electron chi connectivity index (χ0n) is 16.3. The van der Waals surface area contributed by atoms with Gasteiger partial charge in [0, 0.05) is 6.20 Å². The van der Waals surface area contributed by atoms with Crippen molar-refractivity contribution in [3.63, 3.8) is 0 Å². The third-order valence-electron chi connectivity index (χ3n) is 4.96.